The van der Waals surface area contributed by atoms with E-state index in [9.17, 15) is 18.0 Å². The van der Waals surface area contributed by atoms with Gasteiger partial charge in [-0.15, -0.1) is 0 Å². The quantitative estimate of drug-likeness (QED) is 0.762. The summed E-state index contributed by atoms with van der Waals surface area (Å²) in [5, 5.41) is 0. The zero-order valence-corrected chi connectivity index (χ0v) is 16.8. The standard InChI is InChI=1S/C20H24N2O5S/c1-21(2)19(23)15-7-6-11-22(13-15)20(24)18-16(10-12-27-18)14-28(25,26)17-8-4-3-5-9-17/h3-5,8-10,12,15H,6-7,11,13-14H2,1-2H3/t15-/m1/s1. The lowest BCUT2D eigenvalue weighted by Gasteiger charge is -2.32. The molecule has 1 saturated heterocycles. The summed E-state index contributed by atoms with van der Waals surface area (Å²) in [5.41, 5.74) is 0.329. The number of hydrogen-bond donors (Lipinski definition) is 0. The van der Waals surface area contributed by atoms with Gasteiger partial charge in [0.1, 0.15) is 0 Å². The Morgan fingerprint density at radius 1 is 1.18 bits per heavy atom. The molecule has 0 aliphatic carbocycles. The molecule has 1 aromatic carbocycles. The molecule has 1 aromatic heterocycles. The number of rotatable bonds is 5. The fourth-order valence-corrected chi connectivity index (χ4v) is 4.80. The molecule has 1 aliphatic heterocycles. The van der Waals surface area contributed by atoms with E-state index in [-0.39, 0.29) is 34.1 Å². The highest BCUT2D eigenvalue weighted by atomic mass is 32.2. The van der Waals surface area contributed by atoms with Crippen LogP contribution in [0, 0.1) is 5.92 Å². The van der Waals surface area contributed by atoms with E-state index in [1.807, 2.05) is 0 Å². The summed E-state index contributed by atoms with van der Waals surface area (Å²) in [6.07, 6.45) is 2.78. The molecule has 1 atom stereocenters. The van der Waals surface area contributed by atoms with Crippen molar-refractivity contribution in [3.8, 4) is 0 Å². The third kappa shape index (κ3) is 4.27. The number of carbonyl (C=O) groups excluding carboxylic acids is 2. The van der Waals surface area contributed by atoms with Gasteiger partial charge in [-0.3, -0.25) is 9.59 Å². The van der Waals surface area contributed by atoms with Gasteiger partial charge >= 0.3 is 0 Å². The van der Waals surface area contributed by atoms with Gasteiger partial charge in [-0.1, -0.05) is 18.2 Å². The first-order chi connectivity index (χ1) is 13.3. The number of sulfone groups is 1. The van der Waals surface area contributed by atoms with E-state index < -0.39 is 9.84 Å². The SMILES string of the molecule is CN(C)C(=O)[C@@H]1CCCN(C(=O)c2occc2CS(=O)(=O)c2ccccc2)C1. The first-order valence-electron chi connectivity index (χ1n) is 9.14. The molecule has 0 N–H and O–H groups in total. The average molecular weight is 404 g/mol. The van der Waals surface area contributed by atoms with Crippen molar-refractivity contribution in [2.24, 2.45) is 5.92 Å². The molecule has 7 nitrogen and oxygen atoms in total. The molecule has 28 heavy (non-hydrogen) atoms. The maximum Gasteiger partial charge on any atom is 0.289 e. The Balaban J connectivity index is 1.78. The first-order valence-corrected chi connectivity index (χ1v) is 10.8. The van der Waals surface area contributed by atoms with Crippen molar-refractivity contribution in [1.29, 1.82) is 0 Å². The fraction of sp³-hybridized carbons (Fsp3) is 0.400. The Morgan fingerprint density at radius 3 is 2.57 bits per heavy atom. The summed E-state index contributed by atoms with van der Waals surface area (Å²) in [5.74, 6) is -0.928. The predicted molar refractivity (Wildman–Crippen MR) is 103 cm³/mol. The summed E-state index contributed by atoms with van der Waals surface area (Å²) in [7, 11) is -0.204. The van der Waals surface area contributed by atoms with E-state index in [4.69, 9.17) is 4.42 Å². The lowest BCUT2D eigenvalue weighted by Crippen LogP contribution is -2.45. The summed E-state index contributed by atoms with van der Waals surface area (Å²) >= 11 is 0. The van der Waals surface area contributed by atoms with Crippen LogP contribution in [0.3, 0.4) is 0 Å². The second kappa shape index (κ2) is 8.18. The van der Waals surface area contributed by atoms with Gasteiger partial charge in [0.05, 0.1) is 22.8 Å². The number of furan rings is 1. The largest absolute Gasteiger partial charge is 0.459 e. The van der Waals surface area contributed by atoms with E-state index in [0.717, 1.165) is 6.42 Å². The van der Waals surface area contributed by atoms with Crippen LogP contribution in [-0.4, -0.2) is 57.2 Å². The minimum atomic E-state index is -3.60. The van der Waals surface area contributed by atoms with Crippen molar-refractivity contribution in [2.45, 2.75) is 23.5 Å². The van der Waals surface area contributed by atoms with Crippen LogP contribution in [0.25, 0.3) is 0 Å². The Hall–Kier alpha value is -2.61. The van der Waals surface area contributed by atoms with Crippen LogP contribution in [0.2, 0.25) is 0 Å². The maximum atomic E-state index is 13.0. The summed E-state index contributed by atoms with van der Waals surface area (Å²) in [6, 6.07) is 9.62. The molecule has 1 aliphatic rings. The zero-order valence-electron chi connectivity index (χ0n) is 16.0. The molecular weight excluding hydrogens is 380 g/mol. The van der Waals surface area contributed by atoms with Crippen molar-refractivity contribution < 1.29 is 22.4 Å². The maximum absolute atomic E-state index is 13.0. The lowest BCUT2D eigenvalue weighted by atomic mass is 9.96. The van der Waals surface area contributed by atoms with Gasteiger partial charge in [0.2, 0.25) is 5.91 Å². The van der Waals surface area contributed by atoms with Gasteiger partial charge in [-0.25, -0.2) is 8.42 Å². The van der Waals surface area contributed by atoms with Crippen molar-refractivity contribution in [3.63, 3.8) is 0 Å². The molecule has 2 amide bonds. The molecule has 3 rings (SSSR count). The highest BCUT2D eigenvalue weighted by Gasteiger charge is 2.32. The highest BCUT2D eigenvalue weighted by molar-refractivity contribution is 7.90. The third-order valence-corrected chi connectivity index (χ3v) is 6.57. The van der Waals surface area contributed by atoms with Crippen molar-refractivity contribution >= 4 is 21.7 Å². The second-order valence-corrected chi connectivity index (χ2v) is 9.16. The second-order valence-electron chi connectivity index (χ2n) is 7.17. The third-order valence-electron chi connectivity index (χ3n) is 4.89. The first kappa shape index (κ1) is 20.1. The van der Waals surface area contributed by atoms with Gasteiger partial charge in [-0.05, 0) is 31.0 Å². The van der Waals surface area contributed by atoms with Crippen LogP contribution in [0.15, 0.2) is 52.0 Å². The number of benzene rings is 1. The number of carbonyl (C=O) groups is 2. The molecule has 0 saturated carbocycles. The highest BCUT2D eigenvalue weighted by Crippen LogP contribution is 2.24. The molecule has 2 heterocycles. The average Bonchev–Trinajstić information content (AvgIpc) is 3.14. The molecule has 0 radical (unpaired) electrons. The summed E-state index contributed by atoms with van der Waals surface area (Å²) in [6.45, 7) is 0.822. The Labute approximate surface area is 164 Å². The smallest absolute Gasteiger partial charge is 0.289 e. The predicted octanol–water partition coefficient (Wildman–Crippen LogP) is 2.19. The monoisotopic (exact) mass is 404 g/mol. The number of nitrogens with zero attached hydrogens (tertiary/aromatic N) is 2. The number of likely N-dealkylation sites (tertiary alicyclic amines) is 1. The van der Waals surface area contributed by atoms with Crippen molar-refractivity contribution in [2.75, 3.05) is 27.2 Å². The van der Waals surface area contributed by atoms with Crippen LogP contribution >= 0.6 is 0 Å². The fourth-order valence-electron chi connectivity index (χ4n) is 3.42. The van der Waals surface area contributed by atoms with Gasteiger partial charge in [0.25, 0.3) is 5.91 Å². The van der Waals surface area contributed by atoms with Crippen LogP contribution < -0.4 is 0 Å². The summed E-state index contributed by atoms with van der Waals surface area (Å²) in [4.78, 5) is 28.5. The minimum absolute atomic E-state index is 0.0103. The van der Waals surface area contributed by atoms with E-state index in [1.165, 1.54) is 29.4 Å². The molecule has 0 spiro atoms. The van der Waals surface area contributed by atoms with Gasteiger partial charge < -0.3 is 14.2 Å². The van der Waals surface area contributed by atoms with Crippen LogP contribution in [0.1, 0.15) is 29.0 Å². The van der Waals surface area contributed by atoms with Crippen LogP contribution in [0.4, 0.5) is 0 Å². The van der Waals surface area contributed by atoms with E-state index in [2.05, 4.69) is 0 Å². The van der Waals surface area contributed by atoms with Gasteiger partial charge in [-0.2, -0.15) is 0 Å². The van der Waals surface area contributed by atoms with Gasteiger partial charge in [0.15, 0.2) is 15.6 Å². The van der Waals surface area contributed by atoms with E-state index in [0.29, 0.717) is 25.1 Å². The summed E-state index contributed by atoms with van der Waals surface area (Å²) < 4.78 is 30.7. The Kier molecular flexibility index (Phi) is 5.88. The van der Waals surface area contributed by atoms with Crippen LogP contribution in [0.5, 0.6) is 0 Å². The molecule has 8 heteroatoms. The van der Waals surface area contributed by atoms with Crippen LogP contribution in [-0.2, 0) is 20.4 Å². The Morgan fingerprint density at radius 2 is 1.89 bits per heavy atom. The molecule has 0 unspecified atom stereocenters. The molecule has 0 bridgehead atoms. The normalized spacial score (nSPS) is 17.4. The van der Waals surface area contributed by atoms with Crippen molar-refractivity contribution in [3.05, 3.63) is 54.0 Å². The topological polar surface area (TPSA) is 87.9 Å². The Bertz CT molecular complexity index is 950. The van der Waals surface area contributed by atoms with E-state index >= 15 is 0 Å². The minimum Gasteiger partial charge on any atom is -0.459 e. The molecule has 2 aromatic rings. The molecule has 1 fully saturated rings. The molecular formula is C20H24N2O5S. The number of amides is 2. The number of hydrogen-bond acceptors (Lipinski definition) is 5. The van der Waals surface area contributed by atoms with E-state index in [1.54, 1.807) is 37.2 Å². The van der Waals surface area contributed by atoms with Crippen molar-refractivity contribution in [1.82, 2.24) is 9.80 Å². The van der Waals surface area contributed by atoms with Gasteiger partial charge in [0, 0.05) is 32.7 Å². The zero-order chi connectivity index (χ0) is 20.3. The lowest BCUT2D eigenvalue weighted by molar-refractivity contribution is -0.134. The number of piperidine rings is 1. The molecule has 150 valence electrons.